The largest absolute Gasteiger partial charge is 0.493 e. The van der Waals surface area contributed by atoms with E-state index in [2.05, 4.69) is 38.2 Å². The topological polar surface area (TPSA) is 30.5 Å². The van der Waals surface area contributed by atoms with Crippen LogP contribution in [0.2, 0.25) is 0 Å². The maximum Gasteiger partial charge on any atom is 0.161 e. The third kappa shape index (κ3) is 3.16. The van der Waals surface area contributed by atoms with E-state index in [1.165, 1.54) is 5.56 Å². The SMILES string of the molecule is CNC(c1ccc(OC)c(OC)c1)C(C)C(C)C. The predicted octanol–water partition coefficient (Wildman–Crippen LogP) is 3.26. The van der Waals surface area contributed by atoms with Crippen LogP contribution in [-0.2, 0) is 0 Å². The fraction of sp³-hybridized carbons (Fsp3) is 0.600. The van der Waals surface area contributed by atoms with Crippen molar-refractivity contribution in [3.63, 3.8) is 0 Å². The minimum absolute atomic E-state index is 0.324. The molecular weight excluding hydrogens is 226 g/mol. The first kappa shape index (κ1) is 14.8. The molecule has 0 saturated heterocycles. The van der Waals surface area contributed by atoms with Gasteiger partial charge in [-0.25, -0.2) is 0 Å². The normalized spacial score (nSPS) is 14.4. The van der Waals surface area contributed by atoms with Gasteiger partial charge in [-0.3, -0.25) is 0 Å². The first-order valence-corrected chi connectivity index (χ1v) is 6.44. The van der Waals surface area contributed by atoms with Crippen LogP contribution in [0, 0.1) is 11.8 Å². The Hall–Kier alpha value is -1.22. The van der Waals surface area contributed by atoms with E-state index in [1.807, 2.05) is 13.1 Å². The van der Waals surface area contributed by atoms with Crippen LogP contribution in [0.4, 0.5) is 0 Å². The lowest BCUT2D eigenvalue weighted by Crippen LogP contribution is -2.26. The molecule has 0 spiro atoms. The standard InChI is InChI=1S/C15H25NO2/c1-10(2)11(3)15(16-4)12-7-8-13(17-5)14(9-12)18-6/h7-11,15-16H,1-6H3. The second-order valence-corrected chi connectivity index (χ2v) is 4.98. The Morgan fingerprint density at radius 2 is 1.61 bits per heavy atom. The Kier molecular flexibility index (Phi) is 5.48. The van der Waals surface area contributed by atoms with Crippen LogP contribution in [0.1, 0.15) is 32.4 Å². The van der Waals surface area contributed by atoms with Gasteiger partial charge in [0.1, 0.15) is 0 Å². The highest BCUT2D eigenvalue weighted by Crippen LogP contribution is 2.34. The van der Waals surface area contributed by atoms with Crippen molar-refractivity contribution in [1.29, 1.82) is 0 Å². The van der Waals surface area contributed by atoms with Gasteiger partial charge in [-0.1, -0.05) is 26.8 Å². The average Bonchev–Trinajstić information content (AvgIpc) is 2.39. The number of hydrogen-bond donors (Lipinski definition) is 1. The maximum atomic E-state index is 5.36. The number of benzene rings is 1. The summed E-state index contributed by atoms with van der Waals surface area (Å²) < 4.78 is 10.6. The van der Waals surface area contributed by atoms with Gasteiger partial charge in [0.2, 0.25) is 0 Å². The zero-order valence-electron chi connectivity index (χ0n) is 12.3. The fourth-order valence-electron chi connectivity index (χ4n) is 2.16. The Labute approximate surface area is 110 Å². The van der Waals surface area contributed by atoms with E-state index in [-0.39, 0.29) is 0 Å². The van der Waals surface area contributed by atoms with Crippen molar-refractivity contribution in [3.8, 4) is 11.5 Å². The summed E-state index contributed by atoms with van der Waals surface area (Å²) in [4.78, 5) is 0. The Morgan fingerprint density at radius 1 is 1.00 bits per heavy atom. The van der Waals surface area contributed by atoms with E-state index < -0.39 is 0 Å². The molecule has 0 saturated carbocycles. The highest BCUT2D eigenvalue weighted by Gasteiger charge is 2.21. The van der Waals surface area contributed by atoms with E-state index in [9.17, 15) is 0 Å². The number of ether oxygens (including phenoxy) is 2. The number of rotatable bonds is 6. The lowest BCUT2D eigenvalue weighted by molar-refractivity contribution is 0.314. The molecule has 18 heavy (non-hydrogen) atoms. The van der Waals surface area contributed by atoms with Gasteiger partial charge >= 0.3 is 0 Å². The molecule has 3 heteroatoms. The summed E-state index contributed by atoms with van der Waals surface area (Å²) in [5.74, 6) is 2.73. The molecular formula is C15H25NO2. The van der Waals surface area contributed by atoms with Crippen LogP contribution in [0.15, 0.2) is 18.2 Å². The second kappa shape index (κ2) is 6.64. The van der Waals surface area contributed by atoms with Crippen molar-refractivity contribution >= 4 is 0 Å². The second-order valence-electron chi connectivity index (χ2n) is 4.98. The third-order valence-corrected chi connectivity index (χ3v) is 3.66. The zero-order valence-corrected chi connectivity index (χ0v) is 12.3. The molecule has 1 aromatic rings. The average molecular weight is 251 g/mol. The molecule has 2 atom stereocenters. The molecule has 1 aromatic carbocycles. The molecule has 0 bridgehead atoms. The molecule has 3 nitrogen and oxygen atoms in total. The lowest BCUT2D eigenvalue weighted by Gasteiger charge is -2.27. The van der Waals surface area contributed by atoms with Crippen molar-refractivity contribution in [3.05, 3.63) is 23.8 Å². The van der Waals surface area contributed by atoms with Crippen molar-refractivity contribution in [2.24, 2.45) is 11.8 Å². The molecule has 102 valence electrons. The van der Waals surface area contributed by atoms with Crippen molar-refractivity contribution < 1.29 is 9.47 Å². The molecule has 0 amide bonds. The molecule has 1 rings (SSSR count). The van der Waals surface area contributed by atoms with Gasteiger partial charge in [-0.15, -0.1) is 0 Å². The fourth-order valence-corrected chi connectivity index (χ4v) is 2.16. The molecule has 0 aliphatic heterocycles. The summed E-state index contributed by atoms with van der Waals surface area (Å²) in [6.07, 6.45) is 0. The molecule has 0 aromatic heterocycles. The Balaban J connectivity index is 3.07. The highest BCUT2D eigenvalue weighted by molar-refractivity contribution is 5.43. The summed E-state index contributed by atoms with van der Waals surface area (Å²) in [5, 5.41) is 3.39. The number of nitrogens with one attached hydrogen (secondary N) is 1. The molecule has 0 aliphatic carbocycles. The number of methoxy groups -OCH3 is 2. The van der Waals surface area contributed by atoms with Gasteiger partial charge in [0.05, 0.1) is 14.2 Å². The van der Waals surface area contributed by atoms with Crippen LogP contribution < -0.4 is 14.8 Å². The zero-order chi connectivity index (χ0) is 13.7. The van der Waals surface area contributed by atoms with Crippen molar-refractivity contribution in [2.75, 3.05) is 21.3 Å². The quantitative estimate of drug-likeness (QED) is 0.842. The Bertz CT molecular complexity index is 377. The van der Waals surface area contributed by atoms with Crippen molar-refractivity contribution in [1.82, 2.24) is 5.32 Å². The minimum Gasteiger partial charge on any atom is -0.493 e. The van der Waals surface area contributed by atoms with E-state index in [4.69, 9.17) is 9.47 Å². The van der Waals surface area contributed by atoms with Crippen LogP contribution in [0.3, 0.4) is 0 Å². The van der Waals surface area contributed by atoms with E-state index in [0.29, 0.717) is 17.9 Å². The van der Waals surface area contributed by atoms with Crippen LogP contribution in [0.25, 0.3) is 0 Å². The monoisotopic (exact) mass is 251 g/mol. The lowest BCUT2D eigenvalue weighted by atomic mass is 9.86. The van der Waals surface area contributed by atoms with Gasteiger partial charge in [0.15, 0.2) is 11.5 Å². The van der Waals surface area contributed by atoms with E-state index in [1.54, 1.807) is 14.2 Å². The molecule has 0 heterocycles. The van der Waals surface area contributed by atoms with Crippen LogP contribution in [0.5, 0.6) is 11.5 Å². The number of hydrogen-bond acceptors (Lipinski definition) is 3. The van der Waals surface area contributed by atoms with Gasteiger partial charge < -0.3 is 14.8 Å². The van der Waals surface area contributed by atoms with Gasteiger partial charge in [0, 0.05) is 6.04 Å². The van der Waals surface area contributed by atoms with E-state index >= 15 is 0 Å². The molecule has 0 radical (unpaired) electrons. The van der Waals surface area contributed by atoms with Gasteiger partial charge in [0.25, 0.3) is 0 Å². The molecule has 0 fully saturated rings. The summed E-state index contributed by atoms with van der Waals surface area (Å²) in [6, 6.07) is 6.44. The first-order valence-electron chi connectivity index (χ1n) is 6.44. The van der Waals surface area contributed by atoms with Gasteiger partial charge in [-0.05, 0) is 36.6 Å². The van der Waals surface area contributed by atoms with Crippen LogP contribution >= 0.6 is 0 Å². The third-order valence-electron chi connectivity index (χ3n) is 3.66. The molecule has 0 aliphatic rings. The predicted molar refractivity (Wildman–Crippen MR) is 75.3 cm³/mol. The first-order chi connectivity index (χ1) is 8.54. The summed E-state index contributed by atoms with van der Waals surface area (Å²) in [6.45, 7) is 6.76. The minimum atomic E-state index is 0.324. The summed E-state index contributed by atoms with van der Waals surface area (Å²) in [5.41, 5.74) is 1.23. The smallest absolute Gasteiger partial charge is 0.161 e. The van der Waals surface area contributed by atoms with Gasteiger partial charge in [-0.2, -0.15) is 0 Å². The molecule has 2 unspecified atom stereocenters. The molecule has 1 N–H and O–H groups in total. The summed E-state index contributed by atoms with van der Waals surface area (Å²) in [7, 11) is 5.33. The van der Waals surface area contributed by atoms with E-state index in [0.717, 1.165) is 11.5 Å². The Morgan fingerprint density at radius 3 is 2.06 bits per heavy atom. The summed E-state index contributed by atoms with van der Waals surface area (Å²) >= 11 is 0. The van der Waals surface area contributed by atoms with Crippen LogP contribution in [-0.4, -0.2) is 21.3 Å². The highest BCUT2D eigenvalue weighted by atomic mass is 16.5. The van der Waals surface area contributed by atoms with Crippen molar-refractivity contribution in [2.45, 2.75) is 26.8 Å². The maximum absolute atomic E-state index is 5.36.